The number of nitrogens with two attached hydrogens (primary N) is 1. The molecule has 8 heteroatoms. The zero-order chi connectivity index (χ0) is 14.3. The lowest BCUT2D eigenvalue weighted by Crippen LogP contribution is -1.95. The van der Waals surface area contributed by atoms with Crippen molar-refractivity contribution in [3.63, 3.8) is 0 Å². The first kappa shape index (κ1) is 13.3. The summed E-state index contributed by atoms with van der Waals surface area (Å²) in [5.41, 5.74) is 8.49. The summed E-state index contributed by atoms with van der Waals surface area (Å²) in [5.74, 6) is 0. The van der Waals surface area contributed by atoms with Crippen LogP contribution in [0.25, 0.3) is 11.0 Å². The van der Waals surface area contributed by atoms with Crippen molar-refractivity contribution in [1.82, 2.24) is 10.3 Å². The Morgan fingerprint density at radius 1 is 0.900 bits per heavy atom. The van der Waals surface area contributed by atoms with Gasteiger partial charge >= 0.3 is 0 Å². The van der Waals surface area contributed by atoms with E-state index < -0.39 is 0 Å². The molecule has 2 aromatic carbocycles. The molecule has 1 heterocycles. The fourth-order valence-corrected chi connectivity index (χ4v) is 2.34. The van der Waals surface area contributed by atoms with Crippen LogP contribution in [-0.4, -0.2) is 10.3 Å². The van der Waals surface area contributed by atoms with E-state index in [1.165, 1.54) is 0 Å². The molecule has 3 N–H and O–H groups in total. The molecule has 0 saturated carbocycles. The van der Waals surface area contributed by atoms with Crippen LogP contribution in [-0.2, 0) is 0 Å². The van der Waals surface area contributed by atoms with E-state index in [1.54, 1.807) is 24.3 Å². The smallest absolute Gasteiger partial charge is 0.160 e. The average molecular weight is 330 g/mol. The van der Waals surface area contributed by atoms with Gasteiger partial charge in [0.1, 0.15) is 0 Å². The molecule has 0 radical (unpaired) electrons. The highest BCUT2D eigenvalue weighted by atomic mass is 35.5. The van der Waals surface area contributed by atoms with Crippen LogP contribution in [0.3, 0.4) is 0 Å². The highest BCUT2D eigenvalue weighted by Crippen LogP contribution is 2.35. The van der Waals surface area contributed by atoms with E-state index in [0.29, 0.717) is 43.2 Å². The first-order chi connectivity index (χ1) is 9.56. The molecule has 3 aromatic rings. The van der Waals surface area contributed by atoms with E-state index in [9.17, 15) is 0 Å². The summed E-state index contributed by atoms with van der Waals surface area (Å²) in [7, 11) is 0. The quantitative estimate of drug-likeness (QED) is 0.534. The molecule has 0 saturated heterocycles. The molecule has 0 unspecified atom stereocenters. The van der Waals surface area contributed by atoms with Gasteiger partial charge in [-0.3, -0.25) is 0 Å². The summed E-state index contributed by atoms with van der Waals surface area (Å²) in [4.78, 5) is 0. The van der Waals surface area contributed by atoms with Crippen LogP contribution in [0.5, 0.6) is 0 Å². The zero-order valence-electron chi connectivity index (χ0n) is 9.82. The van der Waals surface area contributed by atoms with Crippen LogP contribution in [0.1, 0.15) is 0 Å². The van der Waals surface area contributed by atoms with E-state index in [-0.39, 0.29) is 0 Å². The van der Waals surface area contributed by atoms with E-state index in [1.807, 2.05) is 0 Å². The Morgan fingerprint density at radius 3 is 2.40 bits per heavy atom. The number of nitrogen functional groups attached to an aromatic ring is 1. The highest BCUT2D eigenvalue weighted by molar-refractivity contribution is 6.44. The van der Waals surface area contributed by atoms with Crippen molar-refractivity contribution >= 4 is 62.9 Å². The Balaban J connectivity index is 2.08. The Kier molecular flexibility index (Phi) is 3.33. The molecular weight excluding hydrogens is 323 g/mol. The number of anilines is 3. The maximum absolute atomic E-state index is 6.12. The van der Waals surface area contributed by atoms with Gasteiger partial charge in [0, 0.05) is 0 Å². The van der Waals surface area contributed by atoms with E-state index in [0.717, 1.165) is 0 Å². The number of hydrogen-bond donors (Lipinski definition) is 2. The van der Waals surface area contributed by atoms with Crippen LogP contribution in [0.15, 0.2) is 28.9 Å². The van der Waals surface area contributed by atoms with E-state index in [2.05, 4.69) is 15.6 Å². The third-order valence-corrected chi connectivity index (χ3v) is 3.76. The fourth-order valence-electron chi connectivity index (χ4n) is 1.75. The summed E-state index contributed by atoms with van der Waals surface area (Å²) in [6.45, 7) is 0. The second kappa shape index (κ2) is 5.01. The molecule has 1 aromatic heterocycles. The minimum absolute atomic E-state index is 0.382. The third-order valence-electron chi connectivity index (χ3n) is 2.73. The minimum atomic E-state index is 0.382. The molecule has 0 atom stereocenters. The standard InChI is InChI=1S/C12H7Cl3N4O/c13-5-3-7(15)10(4-6(5)14)17-9-2-1-8(16)11-12(9)19-20-18-11/h1-4,17H,16H2. The number of rotatable bonds is 2. The molecule has 0 fully saturated rings. The van der Waals surface area contributed by atoms with Gasteiger partial charge in [-0.15, -0.1) is 0 Å². The lowest BCUT2D eigenvalue weighted by Gasteiger charge is -2.10. The van der Waals surface area contributed by atoms with Gasteiger partial charge in [0.2, 0.25) is 0 Å². The Hall–Kier alpha value is -1.69. The van der Waals surface area contributed by atoms with Crippen molar-refractivity contribution in [3.05, 3.63) is 39.3 Å². The van der Waals surface area contributed by atoms with Crippen molar-refractivity contribution in [1.29, 1.82) is 0 Å². The SMILES string of the molecule is Nc1ccc(Nc2cc(Cl)c(Cl)cc2Cl)c2nonc12. The second-order valence-electron chi connectivity index (χ2n) is 4.03. The number of nitrogens with one attached hydrogen (secondary N) is 1. The summed E-state index contributed by atoms with van der Waals surface area (Å²) in [6.07, 6.45) is 0. The maximum Gasteiger partial charge on any atom is 0.160 e. The predicted molar refractivity (Wildman–Crippen MR) is 81.0 cm³/mol. The maximum atomic E-state index is 6.12. The van der Waals surface area contributed by atoms with Gasteiger partial charge in [-0.05, 0) is 34.6 Å². The highest BCUT2D eigenvalue weighted by Gasteiger charge is 2.12. The number of halogens is 3. The van der Waals surface area contributed by atoms with Crippen molar-refractivity contribution < 1.29 is 4.63 Å². The topological polar surface area (TPSA) is 77.0 Å². The zero-order valence-corrected chi connectivity index (χ0v) is 12.1. The van der Waals surface area contributed by atoms with Gasteiger partial charge in [0.15, 0.2) is 11.0 Å². The minimum Gasteiger partial charge on any atom is -0.397 e. The number of aromatic nitrogens is 2. The summed E-state index contributed by atoms with van der Waals surface area (Å²) >= 11 is 18.0. The average Bonchev–Trinajstić information content (AvgIpc) is 2.89. The van der Waals surface area contributed by atoms with Gasteiger partial charge in [-0.1, -0.05) is 34.8 Å². The fraction of sp³-hybridized carbons (Fsp3) is 0. The normalized spacial score (nSPS) is 10.9. The lowest BCUT2D eigenvalue weighted by atomic mass is 10.2. The molecule has 20 heavy (non-hydrogen) atoms. The molecule has 0 aliphatic heterocycles. The van der Waals surface area contributed by atoms with Crippen molar-refractivity contribution in [3.8, 4) is 0 Å². The first-order valence-electron chi connectivity index (χ1n) is 5.48. The number of fused-ring (bicyclic) bond motifs is 1. The van der Waals surface area contributed by atoms with E-state index >= 15 is 0 Å². The third kappa shape index (κ3) is 2.24. The van der Waals surface area contributed by atoms with Gasteiger partial charge in [-0.2, -0.15) is 0 Å². The monoisotopic (exact) mass is 328 g/mol. The molecule has 0 amide bonds. The molecule has 0 spiro atoms. The van der Waals surface area contributed by atoms with Gasteiger partial charge in [0.25, 0.3) is 0 Å². The Bertz CT molecular complexity index is 803. The van der Waals surface area contributed by atoms with Crippen LogP contribution in [0.2, 0.25) is 15.1 Å². The number of nitrogens with zero attached hydrogens (tertiary/aromatic N) is 2. The summed E-state index contributed by atoms with van der Waals surface area (Å²) in [5, 5.41) is 11.9. The molecule has 5 nitrogen and oxygen atoms in total. The van der Waals surface area contributed by atoms with Crippen molar-refractivity contribution in [2.75, 3.05) is 11.1 Å². The molecule has 3 rings (SSSR count). The van der Waals surface area contributed by atoms with Gasteiger partial charge < -0.3 is 11.1 Å². The largest absolute Gasteiger partial charge is 0.397 e. The summed E-state index contributed by atoms with van der Waals surface area (Å²) < 4.78 is 4.70. The molecule has 0 aliphatic rings. The first-order valence-corrected chi connectivity index (χ1v) is 6.62. The van der Waals surface area contributed by atoms with E-state index in [4.69, 9.17) is 45.2 Å². The van der Waals surface area contributed by atoms with Crippen LogP contribution >= 0.6 is 34.8 Å². The molecular formula is C12H7Cl3N4O. The number of benzene rings is 2. The molecule has 0 bridgehead atoms. The Labute approximate surface area is 128 Å². The van der Waals surface area contributed by atoms with Crippen molar-refractivity contribution in [2.45, 2.75) is 0 Å². The Morgan fingerprint density at radius 2 is 1.60 bits per heavy atom. The van der Waals surface area contributed by atoms with Crippen LogP contribution < -0.4 is 11.1 Å². The summed E-state index contributed by atoms with van der Waals surface area (Å²) in [6, 6.07) is 6.63. The van der Waals surface area contributed by atoms with Gasteiger partial charge in [0.05, 0.1) is 32.1 Å². The van der Waals surface area contributed by atoms with Crippen LogP contribution in [0, 0.1) is 0 Å². The predicted octanol–water partition coefficient (Wildman–Crippen LogP) is 4.51. The lowest BCUT2D eigenvalue weighted by molar-refractivity contribution is 0.316. The van der Waals surface area contributed by atoms with Crippen LogP contribution in [0.4, 0.5) is 17.1 Å². The number of hydrogen-bond acceptors (Lipinski definition) is 5. The van der Waals surface area contributed by atoms with Crippen molar-refractivity contribution in [2.24, 2.45) is 0 Å². The second-order valence-corrected chi connectivity index (χ2v) is 5.26. The molecule has 0 aliphatic carbocycles. The molecule has 102 valence electrons. The van der Waals surface area contributed by atoms with Gasteiger partial charge in [-0.25, -0.2) is 4.63 Å².